The Labute approximate surface area is 219 Å². The van der Waals surface area contributed by atoms with Gasteiger partial charge in [-0.15, -0.1) is 0 Å². The standard InChI is InChI=1S/C32H50O4/c1-21(2)22-10-11-24-23(30(22,5)14-13-26(33)35-8)12-15-32(7)25-20-29(4,27(34)36-9)17-16-28(25,3)18-19-31(24,32)6/h22,25H,1,10-20H2,2-9H3. The number of fused-ring (bicyclic) bond motifs is 4. The minimum atomic E-state index is -0.387. The first kappa shape index (κ1) is 27.5. The first-order valence-corrected chi connectivity index (χ1v) is 14.2. The van der Waals surface area contributed by atoms with E-state index in [1.807, 2.05) is 0 Å². The van der Waals surface area contributed by atoms with Gasteiger partial charge in [0.15, 0.2) is 0 Å². The Morgan fingerprint density at radius 2 is 1.58 bits per heavy atom. The molecule has 2 saturated carbocycles. The fraction of sp³-hybridized carbons (Fsp3) is 0.812. The molecule has 0 bridgehead atoms. The minimum absolute atomic E-state index is 0.0338. The molecule has 7 atom stereocenters. The maximum Gasteiger partial charge on any atom is 0.311 e. The number of hydrogen-bond acceptors (Lipinski definition) is 4. The molecule has 0 heterocycles. The minimum Gasteiger partial charge on any atom is -0.469 e. The number of allylic oxidation sites excluding steroid dienone is 3. The highest BCUT2D eigenvalue weighted by molar-refractivity contribution is 5.76. The summed E-state index contributed by atoms with van der Waals surface area (Å²) < 4.78 is 10.4. The Balaban J connectivity index is 1.78. The van der Waals surface area contributed by atoms with E-state index in [9.17, 15) is 9.59 Å². The van der Waals surface area contributed by atoms with Crippen LogP contribution in [0.4, 0.5) is 0 Å². The van der Waals surface area contributed by atoms with Crippen molar-refractivity contribution in [2.24, 2.45) is 38.9 Å². The summed E-state index contributed by atoms with van der Waals surface area (Å²) in [5.41, 5.74) is 4.63. The van der Waals surface area contributed by atoms with Crippen LogP contribution < -0.4 is 0 Å². The molecule has 202 valence electrons. The zero-order valence-corrected chi connectivity index (χ0v) is 24.3. The summed E-state index contributed by atoms with van der Waals surface area (Å²) in [5.74, 6) is 0.748. The lowest BCUT2D eigenvalue weighted by Gasteiger charge is -2.68. The van der Waals surface area contributed by atoms with E-state index in [0.29, 0.717) is 18.3 Å². The smallest absolute Gasteiger partial charge is 0.311 e. The molecule has 0 aliphatic heterocycles. The van der Waals surface area contributed by atoms with Crippen molar-refractivity contribution in [3.8, 4) is 0 Å². The Morgan fingerprint density at radius 3 is 2.19 bits per heavy atom. The summed E-state index contributed by atoms with van der Waals surface area (Å²) in [6, 6.07) is 0. The quantitative estimate of drug-likeness (QED) is 0.286. The number of carbonyl (C=O) groups excluding carboxylic acids is 2. The fourth-order valence-electron chi connectivity index (χ4n) is 9.73. The maximum absolute atomic E-state index is 12.9. The van der Waals surface area contributed by atoms with Crippen molar-refractivity contribution in [2.45, 2.75) is 112 Å². The van der Waals surface area contributed by atoms with Crippen LogP contribution in [0, 0.1) is 38.9 Å². The maximum atomic E-state index is 12.9. The molecule has 0 aromatic rings. The van der Waals surface area contributed by atoms with Crippen LogP contribution in [0.25, 0.3) is 0 Å². The van der Waals surface area contributed by atoms with Gasteiger partial charge in [0.2, 0.25) is 0 Å². The van der Waals surface area contributed by atoms with Gasteiger partial charge in [-0.05, 0) is 112 Å². The van der Waals surface area contributed by atoms with Crippen molar-refractivity contribution in [3.63, 3.8) is 0 Å². The Morgan fingerprint density at radius 1 is 0.917 bits per heavy atom. The highest BCUT2D eigenvalue weighted by Crippen LogP contribution is 2.74. The number of esters is 2. The first-order valence-electron chi connectivity index (χ1n) is 14.2. The molecule has 0 amide bonds. The molecule has 4 aliphatic rings. The van der Waals surface area contributed by atoms with E-state index in [1.54, 1.807) is 18.3 Å². The summed E-state index contributed by atoms with van der Waals surface area (Å²) in [7, 11) is 3.03. The molecule has 2 fully saturated rings. The van der Waals surface area contributed by atoms with Crippen LogP contribution in [-0.4, -0.2) is 26.2 Å². The second-order valence-electron chi connectivity index (χ2n) is 14.1. The van der Waals surface area contributed by atoms with Gasteiger partial charge in [0.25, 0.3) is 0 Å². The van der Waals surface area contributed by atoms with Crippen LogP contribution in [0.3, 0.4) is 0 Å². The van der Waals surface area contributed by atoms with Gasteiger partial charge in [-0.1, -0.05) is 51.0 Å². The molecule has 4 rings (SSSR count). The highest BCUT2D eigenvalue weighted by Gasteiger charge is 2.65. The van der Waals surface area contributed by atoms with Crippen LogP contribution >= 0.6 is 0 Å². The molecule has 36 heavy (non-hydrogen) atoms. The van der Waals surface area contributed by atoms with Crippen LogP contribution in [0.1, 0.15) is 112 Å². The predicted octanol–water partition coefficient (Wildman–Crippen LogP) is 7.81. The molecule has 4 heteroatoms. The average Bonchev–Trinajstić information content (AvgIpc) is 2.84. The topological polar surface area (TPSA) is 52.6 Å². The fourth-order valence-corrected chi connectivity index (χ4v) is 9.73. The largest absolute Gasteiger partial charge is 0.469 e. The van der Waals surface area contributed by atoms with Crippen LogP contribution in [0.5, 0.6) is 0 Å². The van der Waals surface area contributed by atoms with E-state index in [4.69, 9.17) is 9.47 Å². The second-order valence-corrected chi connectivity index (χ2v) is 14.1. The number of rotatable bonds is 5. The highest BCUT2D eigenvalue weighted by atomic mass is 16.5. The number of hydrogen-bond donors (Lipinski definition) is 0. The molecule has 0 N–H and O–H groups in total. The van der Waals surface area contributed by atoms with Crippen molar-refractivity contribution in [3.05, 3.63) is 23.3 Å². The number of carbonyl (C=O) groups is 2. The SMILES string of the molecule is C=C(C)C1CCC2=C(CCC3(C)C4CC(C)(C(=O)OC)CCC4(C)CCC23C)C1(C)CCC(=O)OC. The van der Waals surface area contributed by atoms with Crippen molar-refractivity contribution in [2.75, 3.05) is 14.2 Å². The van der Waals surface area contributed by atoms with E-state index in [1.165, 1.54) is 25.5 Å². The number of methoxy groups -OCH3 is 2. The molecule has 7 unspecified atom stereocenters. The van der Waals surface area contributed by atoms with Crippen LogP contribution in [0.2, 0.25) is 0 Å². The van der Waals surface area contributed by atoms with Gasteiger partial charge in [0.1, 0.15) is 0 Å². The van der Waals surface area contributed by atoms with E-state index < -0.39 is 0 Å². The lowest BCUT2D eigenvalue weighted by molar-refractivity contribution is -0.176. The van der Waals surface area contributed by atoms with E-state index in [-0.39, 0.29) is 39.0 Å². The molecule has 4 aliphatic carbocycles. The summed E-state index contributed by atoms with van der Waals surface area (Å²) >= 11 is 0. The van der Waals surface area contributed by atoms with Crippen LogP contribution in [-0.2, 0) is 19.1 Å². The predicted molar refractivity (Wildman–Crippen MR) is 144 cm³/mol. The third-order valence-corrected chi connectivity index (χ3v) is 12.4. The molecular weight excluding hydrogens is 448 g/mol. The van der Waals surface area contributed by atoms with Gasteiger partial charge in [0, 0.05) is 6.42 Å². The van der Waals surface area contributed by atoms with Gasteiger partial charge in [-0.2, -0.15) is 0 Å². The van der Waals surface area contributed by atoms with Crippen molar-refractivity contribution in [1.82, 2.24) is 0 Å². The molecule has 0 spiro atoms. The first-order chi connectivity index (χ1) is 16.7. The van der Waals surface area contributed by atoms with Crippen molar-refractivity contribution < 1.29 is 19.1 Å². The summed E-state index contributed by atoms with van der Waals surface area (Å²) in [4.78, 5) is 25.1. The second kappa shape index (κ2) is 9.02. The molecule has 0 saturated heterocycles. The lowest BCUT2D eigenvalue weighted by atomic mass is 9.36. The third kappa shape index (κ3) is 3.83. The van der Waals surface area contributed by atoms with Gasteiger partial charge >= 0.3 is 11.9 Å². The van der Waals surface area contributed by atoms with Crippen molar-refractivity contribution >= 4 is 11.9 Å². The number of ether oxygens (including phenoxy) is 2. The zero-order chi connectivity index (χ0) is 26.7. The summed E-state index contributed by atoms with van der Waals surface area (Å²) in [6.45, 7) is 18.7. The van der Waals surface area contributed by atoms with E-state index >= 15 is 0 Å². The third-order valence-electron chi connectivity index (χ3n) is 12.4. The van der Waals surface area contributed by atoms with Gasteiger partial charge in [0.05, 0.1) is 19.6 Å². The molecule has 0 aromatic heterocycles. The molecule has 4 nitrogen and oxygen atoms in total. The van der Waals surface area contributed by atoms with Crippen molar-refractivity contribution in [1.29, 1.82) is 0 Å². The zero-order valence-electron chi connectivity index (χ0n) is 24.3. The monoisotopic (exact) mass is 498 g/mol. The van der Waals surface area contributed by atoms with Crippen LogP contribution in [0.15, 0.2) is 23.3 Å². The Bertz CT molecular complexity index is 979. The van der Waals surface area contributed by atoms with Gasteiger partial charge in [-0.3, -0.25) is 9.59 Å². The Kier molecular flexibility index (Phi) is 6.88. The van der Waals surface area contributed by atoms with E-state index in [2.05, 4.69) is 48.1 Å². The van der Waals surface area contributed by atoms with Gasteiger partial charge < -0.3 is 9.47 Å². The molecule has 0 radical (unpaired) electrons. The summed E-state index contributed by atoms with van der Waals surface area (Å²) in [6.07, 6.45) is 11.2. The normalized spacial score (nSPS) is 44.1. The van der Waals surface area contributed by atoms with E-state index in [0.717, 1.165) is 51.4 Å². The molecular formula is C32H50O4. The Hall–Kier alpha value is -1.58. The molecule has 0 aromatic carbocycles. The summed E-state index contributed by atoms with van der Waals surface area (Å²) in [5, 5.41) is 0. The average molecular weight is 499 g/mol. The lowest BCUT2D eigenvalue weighted by Crippen LogP contribution is -2.60. The van der Waals surface area contributed by atoms with Gasteiger partial charge in [-0.25, -0.2) is 0 Å².